The molecule has 0 aromatic heterocycles. The molecule has 0 fully saturated rings. The van der Waals surface area contributed by atoms with Crippen molar-refractivity contribution in [3.05, 3.63) is 17.2 Å². The fourth-order valence-electron chi connectivity index (χ4n) is 1.67. The summed E-state index contributed by atoms with van der Waals surface area (Å²) in [7, 11) is 0. The number of carbonyl (C=O) groups is 1. The molecule has 1 heterocycles. The molecule has 0 spiro atoms. The van der Waals surface area contributed by atoms with E-state index in [9.17, 15) is 20.1 Å². The number of ether oxygens (including phenoxy) is 1. The zero-order valence-corrected chi connectivity index (χ0v) is 9.02. The predicted molar refractivity (Wildman–Crippen MR) is 54.9 cm³/mol. The summed E-state index contributed by atoms with van der Waals surface area (Å²) in [5.41, 5.74) is -0.198. The minimum atomic E-state index is -0.814. The molecule has 1 aromatic rings. The van der Waals surface area contributed by atoms with Gasteiger partial charge in [0, 0.05) is 11.6 Å². The van der Waals surface area contributed by atoms with Crippen LogP contribution in [0.2, 0.25) is 0 Å². The molecule has 0 bridgehead atoms. The molecular weight excluding hydrogens is 236 g/mol. The third-order valence-electron chi connectivity index (χ3n) is 2.48. The molecule has 0 amide bonds. The number of halogens is 1. The number of benzene rings is 1. The molecule has 86 valence electrons. The van der Waals surface area contributed by atoms with Crippen LogP contribution in [-0.4, -0.2) is 27.4 Å². The Bertz CT molecular complexity index is 471. The number of phenols is 3. The van der Waals surface area contributed by atoms with Crippen LogP contribution in [0.15, 0.2) is 6.07 Å². The normalized spacial score (nSPS) is 23.8. The van der Waals surface area contributed by atoms with Gasteiger partial charge < -0.3 is 20.1 Å². The molecule has 6 heteroatoms. The topological polar surface area (TPSA) is 87.0 Å². The number of hydrogen-bond acceptors (Lipinski definition) is 5. The van der Waals surface area contributed by atoms with Crippen molar-refractivity contribution in [3.8, 4) is 17.2 Å². The molecule has 0 saturated carbocycles. The van der Waals surface area contributed by atoms with Crippen molar-refractivity contribution in [2.45, 2.75) is 18.4 Å². The maximum Gasteiger partial charge on any atom is 0.342 e. The van der Waals surface area contributed by atoms with Gasteiger partial charge in [-0.25, -0.2) is 4.79 Å². The molecular formula is C10H9ClO5. The number of cyclic esters (lactones) is 1. The second kappa shape index (κ2) is 3.45. The summed E-state index contributed by atoms with van der Waals surface area (Å²) in [6.07, 6.45) is -0.645. The summed E-state index contributed by atoms with van der Waals surface area (Å²) in [5, 5.41) is 27.6. The average Bonchev–Trinajstić information content (AvgIpc) is 2.20. The Hall–Kier alpha value is -1.62. The van der Waals surface area contributed by atoms with Crippen LogP contribution >= 0.6 is 11.6 Å². The Balaban J connectivity index is 2.76. The fraction of sp³-hybridized carbons (Fsp3) is 0.300. The average molecular weight is 245 g/mol. The minimum absolute atomic E-state index is 0.00270. The maximum absolute atomic E-state index is 11.5. The lowest BCUT2D eigenvalue weighted by Crippen LogP contribution is -2.27. The third-order valence-corrected chi connectivity index (χ3v) is 3.05. The summed E-state index contributed by atoms with van der Waals surface area (Å²) < 4.78 is 4.88. The Morgan fingerprint density at radius 3 is 2.56 bits per heavy atom. The summed E-state index contributed by atoms with van der Waals surface area (Å²) in [6.45, 7) is 1.55. The molecule has 5 nitrogen and oxygen atoms in total. The fourth-order valence-corrected chi connectivity index (χ4v) is 1.93. The highest BCUT2D eigenvalue weighted by Crippen LogP contribution is 2.47. The number of carbonyl (C=O) groups excluding carboxylic acids is 1. The molecule has 0 radical (unpaired) electrons. The molecule has 1 aliphatic rings. The van der Waals surface area contributed by atoms with E-state index in [1.807, 2.05) is 0 Å². The molecule has 2 rings (SSSR count). The van der Waals surface area contributed by atoms with Crippen LogP contribution in [0, 0.1) is 0 Å². The lowest BCUT2D eigenvalue weighted by molar-refractivity contribution is 0.0280. The van der Waals surface area contributed by atoms with E-state index in [0.29, 0.717) is 0 Å². The van der Waals surface area contributed by atoms with E-state index in [1.165, 1.54) is 0 Å². The monoisotopic (exact) mass is 244 g/mol. The molecule has 2 atom stereocenters. The lowest BCUT2D eigenvalue weighted by atomic mass is 9.96. The van der Waals surface area contributed by atoms with Crippen molar-refractivity contribution in [1.29, 1.82) is 0 Å². The zero-order valence-electron chi connectivity index (χ0n) is 8.27. The number of hydrogen-bond donors (Lipinski definition) is 3. The first-order valence-electron chi connectivity index (χ1n) is 4.56. The molecule has 1 aliphatic heterocycles. The van der Waals surface area contributed by atoms with Gasteiger partial charge in [-0.2, -0.15) is 0 Å². The van der Waals surface area contributed by atoms with Crippen LogP contribution < -0.4 is 0 Å². The van der Waals surface area contributed by atoms with Crippen molar-refractivity contribution in [3.63, 3.8) is 0 Å². The first kappa shape index (κ1) is 10.9. The first-order chi connectivity index (χ1) is 7.43. The van der Waals surface area contributed by atoms with Crippen molar-refractivity contribution < 1.29 is 24.9 Å². The number of esters is 1. The van der Waals surface area contributed by atoms with Crippen LogP contribution in [0.25, 0.3) is 0 Å². The van der Waals surface area contributed by atoms with Gasteiger partial charge in [0.15, 0.2) is 11.5 Å². The third kappa shape index (κ3) is 1.36. The van der Waals surface area contributed by atoms with Gasteiger partial charge in [-0.15, -0.1) is 11.6 Å². The quantitative estimate of drug-likeness (QED) is 0.280. The standard InChI is InChI=1S/C10H9ClO5/c1-3-8(11)7-6(10(15)16-3)4(12)2-5(13)9(7)14/h2-3,8,12-14H,1H3/t3-,8-/m1/s1. The van der Waals surface area contributed by atoms with Gasteiger partial charge in [-0.3, -0.25) is 0 Å². The first-order valence-corrected chi connectivity index (χ1v) is 5.00. The van der Waals surface area contributed by atoms with Gasteiger partial charge in [0.25, 0.3) is 0 Å². The van der Waals surface area contributed by atoms with Gasteiger partial charge >= 0.3 is 5.97 Å². The Morgan fingerprint density at radius 2 is 1.94 bits per heavy atom. The maximum atomic E-state index is 11.5. The lowest BCUT2D eigenvalue weighted by Gasteiger charge is -2.27. The molecule has 0 aliphatic carbocycles. The summed E-state index contributed by atoms with van der Waals surface area (Å²) in [5.74, 6) is -2.26. The highest BCUT2D eigenvalue weighted by atomic mass is 35.5. The summed E-state index contributed by atoms with van der Waals surface area (Å²) in [4.78, 5) is 11.5. The molecule has 0 saturated heterocycles. The van der Waals surface area contributed by atoms with E-state index in [-0.39, 0.29) is 11.1 Å². The van der Waals surface area contributed by atoms with E-state index in [2.05, 4.69) is 0 Å². The zero-order chi connectivity index (χ0) is 12.0. The molecule has 3 N–H and O–H groups in total. The number of rotatable bonds is 0. The Morgan fingerprint density at radius 1 is 1.31 bits per heavy atom. The van der Waals surface area contributed by atoms with Gasteiger partial charge in [0.1, 0.15) is 17.4 Å². The number of alkyl halides is 1. The SMILES string of the molecule is C[C@H]1OC(=O)c2c(O)cc(O)c(O)c2[C@@H]1Cl. The predicted octanol–water partition coefficient (Wildman–Crippen LogP) is 1.64. The van der Waals surface area contributed by atoms with Gasteiger partial charge in [0.05, 0.1) is 5.38 Å². The Kier molecular flexibility index (Phi) is 2.35. The van der Waals surface area contributed by atoms with E-state index in [0.717, 1.165) is 6.07 Å². The van der Waals surface area contributed by atoms with E-state index < -0.39 is 34.7 Å². The van der Waals surface area contributed by atoms with Crippen molar-refractivity contribution in [1.82, 2.24) is 0 Å². The van der Waals surface area contributed by atoms with Crippen molar-refractivity contribution >= 4 is 17.6 Å². The highest BCUT2D eigenvalue weighted by Gasteiger charge is 2.37. The highest BCUT2D eigenvalue weighted by molar-refractivity contribution is 6.23. The number of phenolic OH excluding ortho intramolecular Hbond substituents is 3. The number of aromatic hydroxyl groups is 3. The van der Waals surface area contributed by atoms with Crippen molar-refractivity contribution in [2.24, 2.45) is 0 Å². The van der Waals surface area contributed by atoms with Crippen LogP contribution in [0.1, 0.15) is 28.2 Å². The van der Waals surface area contributed by atoms with E-state index in [4.69, 9.17) is 16.3 Å². The van der Waals surface area contributed by atoms with Crippen LogP contribution in [-0.2, 0) is 4.74 Å². The van der Waals surface area contributed by atoms with E-state index in [1.54, 1.807) is 6.92 Å². The second-order valence-electron chi connectivity index (χ2n) is 3.56. The van der Waals surface area contributed by atoms with Crippen LogP contribution in [0.3, 0.4) is 0 Å². The summed E-state index contributed by atoms with van der Waals surface area (Å²) >= 11 is 5.95. The molecule has 0 unspecified atom stereocenters. The Labute approximate surface area is 95.8 Å². The second-order valence-corrected chi connectivity index (χ2v) is 4.03. The van der Waals surface area contributed by atoms with Gasteiger partial charge in [-0.1, -0.05) is 0 Å². The summed E-state index contributed by atoms with van der Waals surface area (Å²) in [6, 6.07) is 0.870. The smallest absolute Gasteiger partial charge is 0.342 e. The van der Waals surface area contributed by atoms with Gasteiger partial charge in [0.2, 0.25) is 0 Å². The number of fused-ring (bicyclic) bond motifs is 1. The molecule has 1 aromatic carbocycles. The van der Waals surface area contributed by atoms with Gasteiger partial charge in [-0.05, 0) is 6.92 Å². The minimum Gasteiger partial charge on any atom is -0.507 e. The largest absolute Gasteiger partial charge is 0.507 e. The van der Waals surface area contributed by atoms with Crippen LogP contribution in [0.4, 0.5) is 0 Å². The molecule has 16 heavy (non-hydrogen) atoms. The van der Waals surface area contributed by atoms with Crippen molar-refractivity contribution in [2.75, 3.05) is 0 Å². The van der Waals surface area contributed by atoms with E-state index >= 15 is 0 Å². The van der Waals surface area contributed by atoms with Crippen LogP contribution in [0.5, 0.6) is 17.2 Å².